The summed E-state index contributed by atoms with van der Waals surface area (Å²) in [6.45, 7) is 0. The van der Waals surface area contributed by atoms with Crippen LogP contribution in [0.2, 0.25) is 0 Å². The molecule has 2 nitrogen and oxygen atoms in total. The van der Waals surface area contributed by atoms with Crippen molar-refractivity contribution in [3.63, 3.8) is 0 Å². The first-order chi connectivity index (χ1) is 6.19. The molecule has 0 radical (unpaired) electrons. The van der Waals surface area contributed by atoms with E-state index in [1.54, 1.807) is 6.07 Å². The third-order valence-corrected chi connectivity index (χ3v) is 3.56. The van der Waals surface area contributed by atoms with Crippen LogP contribution >= 0.6 is 15.9 Å². The molecular formula is C10H12BrNO. The van der Waals surface area contributed by atoms with Gasteiger partial charge in [-0.25, -0.2) is 0 Å². The molecule has 0 aromatic heterocycles. The lowest BCUT2D eigenvalue weighted by molar-refractivity contribution is 0.467. The summed E-state index contributed by atoms with van der Waals surface area (Å²) in [5, 5.41) is 12.8. The van der Waals surface area contributed by atoms with Gasteiger partial charge in [-0.1, -0.05) is 12.1 Å². The molecule has 1 fully saturated rings. The van der Waals surface area contributed by atoms with Crippen LogP contribution in [0, 0.1) is 0 Å². The highest BCUT2D eigenvalue weighted by atomic mass is 79.9. The number of hydrogen-bond acceptors (Lipinski definition) is 2. The maximum Gasteiger partial charge on any atom is 0.130 e. The van der Waals surface area contributed by atoms with Gasteiger partial charge in [-0.15, -0.1) is 0 Å². The van der Waals surface area contributed by atoms with Crippen molar-refractivity contribution in [2.45, 2.75) is 18.4 Å². The Morgan fingerprint density at radius 1 is 1.46 bits per heavy atom. The van der Waals surface area contributed by atoms with Crippen molar-refractivity contribution in [2.75, 3.05) is 7.05 Å². The van der Waals surface area contributed by atoms with Crippen molar-refractivity contribution < 1.29 is 5.11 Å². The molecule has 3 heteroatoms. The van der Waals surface area contributed by atoms with Gasteiger partial charge in [0.2, 0.25) is 0 Å². The van der Waals surface area contributed by atoms with Crippen molar-refractivity contribution >= 4 is 15.9 Å². The fourth-order valence-corrected chi connectivity index (χ4v) is 2.31. The standard InChI is InChI=1S/C10H12BrNO/c1-12-10(5-6-10)7-3-2-4-8(13)9(7)11/h2-4,12-13H,5-6H2,1H3. The molecule has 1 saturated carbocycles. The van der Waals surface area contributed by atoms with E-state index in [0.717, 1.165) is 22.9 Å². The smallest absolute Gasteiger partial charge is 0.130 e. The van der Waals surface area contributed by atoms with Gasteiger partial charge in [0.25, 0.3) is 0 Å². The van der Waals surface area contributed by atoms with Gasteiger partial charge in [-0.2, -0.15) is 0 Å². The molecule has 0 unspecified atom stereocenters. The predicted molar refractivity (Wildman–Crippen MR) is 55.8 cm³/mol. The van der Waals surface area contributed by atoms with Gasteiger partial charge in [0.15, 0.2) is 0 Å². The quantitative estimate of drug-likeness (QED) is 0.834. The van der Waals surface area contributed by atoms with E-state index >= 15 is 0 Å². The van der Waals surface area contributed by atoms with Gasteiger partial charge >= 0.3 is 0 Å². The minimum atomic E-state index is 0.109. The highest BCUT2D eigenvalue weighted by Gasteiger charge is 2.44. The lowest BCUT2D eigenvalue weighted by atomic mass is 10.1. The highest BCUT2D eigenvalue weighted by Crippen LogP contribution is 2.49. The van der Waals surface area contributed by atoms with Crippen LogP contribution < -0.4 is 5.32 Å². The summed E-state index contributed by atoms with van der Waals surface area (Å²) >= 11 is 3.41. The fraction of sp³-hybridized carbons (Fsp3) is 0.400. The third kappa shape index (κ3) is 1.36. The summed E-state index contributed by atoms with van der Waals surface area (Å²) in [6, 6.07) is 5.62. The lowest BCUT2D eigenvalue weighted by Crippen LogP contribution is -2.24. The molecule has 0 aliphatic heterocycles. The molecule has 1 aromatic rings. The van der Waals surface area contributed by atoms with E-state index < -0.39 is 0 Å². The maximum absolute atomic E-state index is 9.51. The summed E-state index contributed by atoms with van der Waals surface area (Å²) in [5.74, 6) is 0.319. The van der Waals surface area contributed by atoms with Crippen LogP contribution in [0.5, 0.6) is 5.75 Å². The van der Waals surface area contributed by atoms with E-state index in [0.29, 0.717) is 5.75 Å². The molecule has 1 aliphatic carbocycles. The van der Waals surface area contributed by atoms with E-state index in [1.165, 1.54) is 0 Å². The lowest BCUT2D eigenvalue weighted by Gasteiger charge is -2.16. The van der Waals surface area contributed by atoms with Crippen molar-refractivity contribution in [3.8, 4) is 5.75 Å². The molecule has 0 bridgehead atoms. The summed E-state index contributed by atoms with van der Waals surface area (Å²) < 4.78 is 0.821. The van der Waals surface area contributed by atoms with Gasteiger partial charge < -0.3 is 10.4 Å². The van der Waals surface area contributed by atoms with Crippen LogP contribution in [0.3, 0.4) is 0 Å². The minimum Gasteiger partial charge on any atom is -0.507 e. The molecule has 0 atom stereocenters. The summed E-state index contributed by atoms with van der Waals surface area (Å²) in [6.07, 6.45) is 2.29. The van der Waals surface area contributed by atoms with Crippen molar-refractivity contribution in [3.05, 3.63) is 28.2 Å². The van der Waals surface area contributed by atoms with Gasteiger partial charge in [0.1, 0.15) is 5.75 Å². The second kappa shape index (κ2) is 3.00. The second-order valence-corrected chi connectivity index (χ2v) is 4.26. The Morgan fingerprint density at radius 3 is 2.69 bits per heavy atom. The van der Waals surface area contributed by atoms with E-state index in [9.17, 15) is 5.11 Å². The normalized spacial score (nSPS) is 18.6. The number of rotatable bonds is 2. The Kier molecular flexibility index (Phi) is 2.08. The fourth-order valence-electron chi connectivity index (χ4n) is 1.67. The molecular weight excluding hydrogens is 230 g/mol. The minimum absolute atomic E-state index is 0.109. The molecule has 0 spiro atoms. The van der Waals surface area contributed by atoms with Gasteiger partial charge in [-0.3, -0.25) is 0 Å². The Labute approximate surface area is 86.1 Å². The van der Waals surface area contributed by atoms with Gasteiger partial charge in [0, 0.05) is 5.54 Å². The SMILES string of the molecule is CNC1(c2cccc(O)c2Br)CC1. The monoisotopic (exact) mass is 241 g/mol. The van der Waals surface area contributed by atoms with E-state index in [-0.39, 0.29) is 5.54 Å². The molecule has 0 saturated heterocycles. The number of phenols is 1. The summed E-state index contributed by atoms with van der Waals surface area (Å²) in [7, 11) is 1.96. The van der Waals surface area contributed by atoms with Crippen LogP contribution in [0.25, 0.3) is 0 Å². The van der Waals surface area contributed by atoms with Gasteiger partial charge in [-0.05, 0) is 47.4 Å². The first-order valence-corrected chi connectivity index (χ1v) is 5.16. The van der Waals surface area contributed by atoms with Crippen LogP contribution in [0.1, 0.15) is 18.4 Å². The Bertz CT molecular complexity index is 334. The van der Waals surface area contributed by atoms with E-state index in [2.05, 4.69) is 21.2 Å². The second-order valence-electron chi connectivity index (χ2n) is 3.47. The van der Waals surface area contributed by atoms with Crippen molar-refractivity contribution in [1.29, 1.82) is 0 Å². The maximum atomic E-state index is 9.51. The molecule has 13 heavy (non-hydrogen) atoms. The Balaban J connectivity index is 2.46. The van der Waals surface area contributed by atoms with Crippen LogP contribution in [0.15, 0.2) is 22.7 Å². The van der Waals surface area contributed by atoms with Gasteiger partial charge in [0.05, 0.1) is 4.47 Å². The zero-order valence-electron chi connectivity index (χ0n) is 7.47. The van der Waals surface area contributed by atoms with E-state index in [1.807, 2.05) is 19.2 Å². The summed E-state index contributed by atoms with van der Waals surface area (Å²) in [5.41, 5.74) is 1.27. The first kappa shape index (κ1) is 9.03. The zero-order valence-corrected chi connectivity index (χ0v) is 9.06. The number of halogens is 1. The molecule has 0 amide bonds. The van der Waals surface area contributed by atoms with E-state index in [4.69, 9.17) is 0 Å². The zero-order chi connectivity index (χ0) is 9.47. The Morgan fingerprint density at radius 2 is 2.15 bits per heavy atom. The topological polar surface area (TPSA) is 32.3 Å². The highest BCUT2D eigenvalue weighted by molar-refractivity contribution is 9.10. The summed E-state index contributed by atoms with van der Waals surface area (Å²) in [4.78, 5) is 0. The molecule has 2 N–H and O–H groups in total. The van der Waals surface area contributed by atoms with Crippen LogP contribution in [0.4, 0.5) is 0 Å². The number of nitrogens with one attached hydrogen (secondary N) is 1. The molecule has 1 aromatic carbocycles. The average molecular weight is 242 g/mol. The molecule has 2 rings (SSSR count). The predicted octanol–water partition coefficient (Wildman–Crippen LogP) is 2.36. The number of benzene rings is 1. The molecule has 1 aliphatic rings. The van der Waals surface area contributed by atoms with Crippen LogP contribution in [-0.2, 0) is 5.54 Å². The number of hydrogen-bond donors (Lipinski definition) is 2. The molecule has 0 heterocycles. The molecule has 70 valence electrons. The number of phenolic OH excluding ortho intramolecular Hbond substituents is 1. The van der Waals surface area contributed by atoms with Crippen LogP contribution in [-0.4, -0.2) is 12.2 Å². The Hall–Kier alpha value is -0.540. The van der Waals surface area contributed by atoms with Crippen molar-refractivity contribution in [2.24, 2.45) is 0 Å². The largest absolute Gasteiger partial charge is 0.507 e. The first-order valence-electron chi connectivity index (χ1n) is 4.36. The average Bonchev–Trinajstić information content (AvgIpc) is 2.90. The number of aromatic hydroxyl groups is 1. The third-order valence-electron chi connectivity index (χ3n) is 2.72. The van der Waals surface area contributed by atoms with Crippen molar-refractivity contribution in [1.82, 2.24) is 5.32 Å².